The molecule has 0 radical (unpaired) electrons. The molecule has 0 spiro atoms. The van der Waals surface area contributed by atoms with E-state index < -0.39 is 0 Å². The van der Waals surface area contributed by atoms with Gasteiger partial charge in [0, 0.05) is 11.5 Å². The van der Waals surface area contributed by atoms with Gasteiger partial charge in [-0.25, -0.2) is 4.98 Å². The van der Waals surface area contributed by atoms with Gasteiger partial charge in [0.25, 0.3) is 0 Å². The van der Waals surface area contributed by atoms with Crippen molar-refractivity contribution in [1.29, 1.82) is 0 Å². The average Bonchev–Trinajstić information content (AvgIpc) is 2.56. The Labute approximate surface area is 84.4 Å². The molecule has 2 aromatic rings. The summed E-state index contributed by atoms with van der Waals surface area (Å²) < 4.78 is 4.03. The summed E-state index contributed by atoms with van der Waals surface area (Å²) in [6.07, 6.45) is 0. The SMILES string of the molecule is Cc1nsc(Nc2ccc(N)nn2)n1. The van der Waals surface area contributed by atoms with Gasteiger partial charge in [-0.05, 0) is 19.1 Å². The molecule has 2 heterocycles. The molecule has 0 unspecified atom stereocenters. The highest BCUT2D eigenvalue weighted by Crippen LogP contribution is 2.15. The standard InChI is InChI=1S/C7H8N6S/c1-4-9-7(14-13-4)10-6-3-2-5(8)11-12-6/h2-3H,1H3,(H2,8,11)(H,9,10,12,13). The van der Waals surface area contributed by atoms with E-state index >= 15 is 0 Å². The van der Waals surface area contributed by atoms with E-state index in [1.807, 2.05) is 6.92 Å². The van der Waals surface area contributed by atoms with Crippen molar-refractivity contribution in [2.75, 3.05) is 11.1 Å². The number of aryl methyl sites for hydroxylation is 1. The van der Waals surface area contributed by atoms with Crippen molar-refractivity contribution in [2.24, 2.45) is 0 Å². The Balaban J connectivity index is 2.15. The van der Waals surface area contributed by atoms with Gasteiger partial charge >= 0.3 is 0 Å². The minimum atomic E-state index is 0.393. The van der Waals surface area contributed by atoms with E-state index in [0.717, 1.165) is 5.82 Å². The summed E-state index contributed by atoms with van der Waals surface area (Å²) in [4.78, 5) is 4.13. The predicted molar refractivity (Wildman–Crippen MR) is 54.4 cm³/mol. The molecule has 0 aromatic carbocycles. The molecule has 2 rings (SSSR count). The molecule has 0 amide bonds. The van der Waals surface area contributed by atoms with Crippen LogP contribution in [-0.4, -0.2) is 19.6 Å². The molecule has 0 saturated carbocycles. The van der Waals surface area contributed by atoms with Crippen LogP contribution >= 0.6 is 11.5 Å². The number of hydrogen-bond acceptors (Lipinski definition) is 7. The van der Waals surface area contributed by atoms with Crippen molar-refractivity contribution in [3.05, 3.63) is 18.0 Å². The van der Waals surface area contributed by atoms with Crippen LogP contribution in [0, 0.1) is 6.92 Å². The van der Waals surface area contributed by atoms with Gasteiger partial charge in [-0.2, -0.15) is 4.37 Å². The summed E-state index contributed by atoms with van der Waals surface area (Å²) in [5.74, 6) is 1.74. The lowest BCUT2D eigenvalue weighted by Crippen LogP contribution is -1.97. The number of hydrogen-bond donors (Lipinski definition) is 2. The third-order valence-electron chi connectivity index (χ3n) is 1.45. The summed E-state index contributed by atoms with van der Waals surface area (Å²) in [7, 11) is 0. The predicted octanol–water partition coefficient (Wildman–Crippen LogP) is 0.962. The summed E-state index contributed by atoms with van der Waals surface area (Å²) in [5, 5.41) is 11.2. The van der Waals surface area contributed by atoms with Gasteiger partial charge in [-0.3, -0.25) is 0 Å². The number of aromatic nitrogens is 4. The Hall–Kier alpha value is -1.76. The normalized spacial score (nSPS) is 10.1. The fraction of sp³-hybridized carbons (Fsp3) is 0.143. The van der Waals surface area contributed by atoms with Crippen LogP contribution in [0.4, 0.5) is 16.8 Å². The molecule has 72 valence electrons. The van der Waals surface area contributed by atoms with E-state index in [1.54, 1.807) is 12.1 Å². The zero-order chi connectivity index (χ0) is 9.97. The number of rotatable bonds is 2. The first-order valence-corrected chi connectivity index (χ1v) is 4.68. The molecule has 0 aliphatic rings. The van der Waals surface area contributed by atoms with E-state index in [1.165, 1.54) is 11.5 Å². The van der Waals surface area contributed by atoms with Gasteiger partial charge in [0.1, 0.15) is 11.6 Å². The molecular formula is C7H8N6S. The number of nitrogens with one attached hydrogen (secondary N) is 1. The zero-order valence-electron chi connectivity index (χ0n) is 7.43. The summed E-state index contributed by atoms with van der Waals surface area (Å²) in [5.41, 5.74) is 5.40. The molecule has 7 heteroatoms. The molecule has 6 nitrogen and oxygen atoms in total. The third kappa shape index (κ3) is 1.94. The van der Waals surface area contributed by atoms with E-state index in [-0.39, 0.29) is 0 Å². The summed E-state index contributed by atoms with van der Waals surface area (Å²) >= 11 is 1.28. The van der Waals surface area contributed by atoms with Crippen molar-refractivity contribution in [3.8, 4) is 0 Å². The second-order valence-electron chi connectivity index (χ2n) is 2.62. The van der Waals surface area contributed by atoms with Crippen LogP contribution in [0.5, 0.6) is 0 Å². The van der Waals surface area contributed by atoms with Gasteiger partial charge in [-0.15, -0.1) is 10.2 Å². The smallest absolute Gasteiger partial charge is 0.208 e. The van der Waals surface area contributed by atoms with Crippen LogP contribution in [0.1, 0.15) is 5.82 Å². The van der Waals surface area contributed by atoms with Crippen molar-refractivity contribution in [3.63, 3.8) is 0 Å². The van der Waals surface area contributed by atoms with E-state index in [0.29, 0.717) is 16.8 Å². The molecule has 2 aromatic heterocycles. The molecule has 0 atom stereocenters. The maximum Gasteiger partial charge on any atom is 0.208 e. The second kappa shape index (κ2) is 3.54. The average molecular weight is 208 g/mol. The molecule has 0 saturated heterocycles. The molecule has 14 heavy (non-hydrogen) atoms. The maximum absolute atomic E-state index is 5.40. The lowest BCUT2D eigenvalue weighted by molar-refractivity contribution is 1.04. The van der Waals surface area contributed by atoms with Gasteiger partial charge in [0.2, 0.25) is 5.13 Å². The Morgan fingerprint density at radius 2 is 2.21 bits per heavy atom. The maximum atomic E-state index is 5.40. The van der Waals surface area contributed by atoms with Crippen molar-refractivity contribution in [2.45, 2.75) is 6.92 Å². The van der Waals surface area contributed by atoms with Gasteiger partial charge in [0.15, 0.2) is 5.82 Å². The Kier molecular flexibility index (Phi) is 2.23. The number of nitrogens with zero attached hydrogens (tertiary/aromatic N) is 4. The second-order valence-corrected chi connectivity index (χ2v) is 3.37. The third-order valence-corrected chi connectivity index (χ3v) is 2.17. The fourth-order valence-corrected chi connectivity index (χ4v) is 1.45. The highest BCUT2D eigenvalue weighted by molar-refractivity contribution is 7.09. The largest absolute Gasteiger partial charge is 0.382 e. The summed E-state index contributed by atoms with van der Waals surface area (Å²) in [6, 6.07) is 3.41. The zero-order valence-corrected chi connectivity index (χ0v) is 8.25. The Morgan fingerprint density at radius 1 is 1.36 bits per heavy atom. The lowest BCUT2D eigenvalue weighted by Gasteiger charge is -1.98. The monoisotopic (exact) mass is 208 g/mol. The minimum absolute atomic E-state index is 0.393. The highest BCUT2D eigenvalue weighted by Gasteiger charge is 2.01. The fourth-order valence-electron chi connectivity index (χ4n) is 0.867. The van der Waals surface area contributed by atoms with Crippen molar-refractivity contribution < 1.29 is 0 Å². The van der Waals surface area contributed by atoms with E-state index in [2.05, 4.69) is 24.9 Å². The number of nitrogen functional groups attached to an aromatic ring is 1. The van der Waals surface area contributed by atoms with Gasteiger partial charge in [0.05, 0.1) is 0 Å². The lowest BCUT2D eigenvalue weighted by atomic mass is 10.5. The van der Waals surface area contributed by atoms with Crippen LogP contribution < -0.4 is 11.1 Å². The van der Waals surface area contributed by atoms with Gasteiger partial charge in [-0.1, -0.05) is 0 Å². The molecule has 0 aliphatic heterocycles. The minimum Gasteiger partial charge on any atom is -0.382 e. The molecule has 3 N–H and O–H groups in total. The quantitative estimate of drug-likeness (QED) is 0.764. The van der Waals surface area contributed by atoms with Crippen molar-refractivity contribution in [1.82, 2.24) is 19.6 Å². The first kappa shape index (κ1) is 8.82. The summed E-state index contributed by atoms with van der Waals surface area (Å²) in [6.45, 7) is 1.83. The van der Waals surface area contributed by atoms with Crippen LogP contribution in [0.25, 0.3) is 0 Å². The van der Waals surface area contributed by atoms with Crippen LogP contribution in [0.15, 0.2) is 12.1 Å². The first-order chi connectivity index (χ1) is 6.74. The molecular weight excluding hydrogens is 200 g/mol. The van der Waals surface area contributed by atoms with Gasteiger partial charge < -0.3 is 11.1 Å². The van der Waals surface area contributed by atoms with Crippen LogP contribution in [0.3, 0.4) is 0 Å². The Bertz CT molecular complexity index is 422. The topological polar surface area (TPSA) is 89.6 Å². The van der Waals surface area contributed by atoms with E-state index in [9.17, 15) is 0 Å². The number of anilines is 3. The van der Waals surface area contributed by atoms with E-state index in [4.69, 9.17) is 5.73 Å². The Morgan fingerprint density at radius 3 is 2.79 bits per heavy atom. The first-order valence-electron chi connectivity index (χ1n) is 3.90. The van der Waals surface area contributed by atoms with Crippen LogP contribution in [0.2, 0.25) is 0 Å². The van der Waals surface area contributed by atoms with Crippen molar-refractivity contribution >= 4 is 28.3 Å². The molecule has 0 bridgehead atoms. The van der Waals surface area contributed by atoms with Crippen LogP contribution in [-0.2, 0) is 0 Å². The number of nitrogens with two attached hydrogens (primary N) is 1. The molecule has 0 fully saturated rings. The highest BCUT2D eigenvalue weighted by atomic mass is 32.1. The molecule has 0 aliphatic carbocycles.